The third-order valence-electron chi connectivity index (χ3n) is 5.76. The van der Waals surface area contributed by atoms with Gasteiger partial charge in [-0.3, -0.25) is 4.79 Å². The third-order valence-corrected chi connectivity index (χ3v) is 9.80. The minimum absolute atomic E-state index is 0.237. The van der Waals surface area contributed by atoms with E-state index in [1.807, 2.05) is 54.6 Å². The van der Waals surface area contributed by atoms with Gasteiger partial charge in [0, 0.05) is 6.42 Å². The molecule has 4 rings (SSSR count). The first-order valence-corrected chi connectivity index (χ1v) is 12.2. The van der Waals surface area contributed by atoms with Gasteiger partial charge in [0.05, 0.1) is 18.6 Å². The van der Waals surface area contributed by atoms with E-state index in [2.05, 4.69) is 36.4 Å². The molecule has 0 radical (unpaired) electrons. The van der Waals surface area contributed by atoms with Crippen molar-refractivity contribution in [1.29, 1.82) is 0 Å². The van der Waals surface area contributed by atoms with E-state index < -0.39 is 26.4 Å². The second kappa shape index (κ2) is 8.96. The second-order valence-corrected chi connectivity index (χ2v) is 11.1. The first kappa shape index (κ1) is 20.5. The molecule has 1 heterocycles. The molecule has 0 aliphatic carbocycles. The topological polar surface area (TPSA) is 55.8 Å². The molecule has 30 heavy (non-hydrogen) atoms. The molecule has 0 saturated carbocycles. The quantitative estimate of drug-likeness (QED) is 0.378. The molecule has 5 heteroatoms. The molecule has 1 saturated heterocycles. The highest BCUT2D eigenvalue weighted by atomic mass is 28.4. The van der Waals surface area contributed by atoms with Gasteiger partial charge in [-0.25, -0.2) is 0 Å². The highest BCUT2D eigenvalue weighted by molar-refractivity contribution is 7.07. The number of aliphatic hydroxyl groups excluding tert-OH is 1. The molecule has 3 aromatic rings. The number of esters is 1. The Bertz CT molecular complexity index is 866. The summed E-state index contributed by atoms with van der Waals surface area (Å²) in [7, 11) is -2.84. The lowest BCUT2D eigenvalue weighted by molar-refractivity contribution is -0.170. The number of ether oxygens (including phenoxy) is 1. The monoisotopic (exact) mass is 418 g/mol. The van der Waals surface area contributed by atoms with Crippen LogP contribution < -0.4 is 15.6 Å². The van der Waals surface area contributed by atoms with Gasteiger partial charge < -0.3 is 14.3 Å². The SMILES string of the molecule is C[C@H]1C(=O)O[C@H](CO[Si](c2ccccc2)(c2ccccc2)c2ccccc2)C[C@H]1O. The van der Waals surface area contributed by atoms with Gasteiger partial charge >= 0.3 is 5.97 Å². The zero-order chi connectivity index (χ0) is 21.0. The van der Waals surface area contributed by atoms with Crippen LogP contribution in [-0.2, 0) is 14.0 Å². The molecule has 3 aromatic carbocycles. The van der Waals surface area contributed by atoms with Gasteiger partial charge in [0.2, 0.25) is 0 Å². The highest BCUT2D eigenvalue weighted by Crippen LogP contribution is 2.22. The number of carbonyl (C=O) groups excluding carboxylic acids is 1. The average molecular weight is 419 g/mol. The van der Waals surface area contributed by atoms with Gasteiger partial charge in [-0.2, -0.15) is 0 Å². The van der Waals surface area contributed by atoms with Crippen LogP contribution in [0.1, 0.15) is 13.3 Å². The summed E-state index contributed by atoms with van der Waals surface area (Å²) in [5.74, 6) is -0.866. The Balaban J connectivity index is 1.76. The van der Waals surface area contributed by atoms with Crippen molar-refractivity contribution in [3.05, 3.63) is 91.0 Å². The molecule has 1 aliphatic heterocycles. The fraction of sp³-hybridized carbons (Fsp3) is 0.240. The van der Waals surface area contributed by atoms with Crippen molar-refractivity contribution >= 4 is 29.8 Å². The van der Waals surface area contributed by atoms with Crippen molar-refractivity contribution in [2.75, 3.05) is 6.61 Å². The molecule has 0 spiro atoms. The molecular weight excluding hydrogens is 392 g/mol. The van der Waals surface area contributed by atoms with Crippen molar-refractivity contribution < 1.29 is 19.1 Å². The second-order valence-electron chi connectivity index (χ2n) is 7.74. The molecule has 0 amide bonds. The number of aliphatic hydroxyl groups is 1. The van der Waals surface area contributed by atoms with E-state index in [0.717, 1.165) is 15.6 Å². The summed E-state index contributed by atoms with van der Waals surface area (Å²) in [4.78, 5) is 12.1. The summed E-state index contributed by atoms with van der Waals surface area (Å²) in [6, 6.07) is 30.8. The molecule has 1 aliphatic rings. The molecule has 154 valence electrons. The molecule has 0 aromatic heterocycles. The lowest BCUT2D eigenvalue weighted by Crippen LogP contribution is -2.70. The maximum absolute atomic E-state index is 12.1. The number of hydrogen-bond donors (Lipinski definition) is 1. The normalized spacial score (nSPS) is 21.8. The van der Waals surface area contributed by atoms with E-state index in [9.17, 15) is 9.90 Å². The molecule has 1 fully saturated rings. The van der Waals surface area contributed by atoms with Crippen molar-refractivity contribution in [3.8, 4) is 0 Å². The predicted molar refractivity (Wildman–Crippen MR) is 120 cm³/mol. The maximum atomic E-state index is 12.1. The van der Waals surface area contributed by atoms with Crippen molar-refractivity contribution in [2.24, 2.45) is 5.92 Å². The van der Waals surface area contributed by atoms with Crippen molar-refractivity contribution in [2.45, 2.75) is 25.6 Å². The highest BCUT2D eigenvalue weighted by Gasteiger charge is 2.43. The zero-order valence-corrected chi connectivity index (χ0v) is 18.0. The van der Waals surface area contributed by atoms with E-state index in [1.165, 1.54) is 0 Å². The van der Waals surface area contributed by atoms with Gasteiger partial charge in [0.25, 0.3) is 8.32 Å². The minimum Gasteiger partial charge on any atom is -0.460 e. The summed E-state index contributed by atoms with van der Waals surface area (Å²) in [5, 5.41) is 13.6. The zero-order valence-electron chi connectivity index (χ0n) is 17.0. The van der Waals surface area contributed by atoms with Gasteiger partial charge in [-0.15, -0.1) is 0 Å². The van der Waals surface area contributed by atoms with Crippen LogP contribution in [0.5, 0.6) is 0 Å². The van der Waals surface area contributed by atoms with Gasteiger partial charge in [-0.05, 0) is 22.5 Å². The molecule has 4 nitrogen and oxygen atoms in total. The molecule has 1 N–H and O–H groups in total. The summed E-state index contributed by atoms with van der Waals surface area (Å²) in [5.41, 5.74) is 0. The maximum Gasteiger partial charge on any atom is 0.311 e. The van der Waals surface area contributed by atoms with E-state index in [-0.39, 0.29) is 12.6 Å². The number of cyclic esters (lactones) is 1. The van der Waals surface area contributed by atoms with Crippen molar-refractivity contribution in [1.82, 2.24) is 0 Å². The Morgan fingerprint density at radius 2 is 1.30 bits per heavy atom. The van der Waals surface area contributed by atoms with Crippen LogP contribution in [0.3, 0.4) is 0 Å². The fourth-order valence-electron chi connectivity index (χ4n) is 4.04. The van der Waals surface area contributed by atoms with Crippen LogP contribution in [0.15, 0.2) is 91.0 Å². The van der Waals surface area contributed by atoms with Crippen molar-refractivity contribution in [3.63, 3.8) is 0 Å². The van der Waals surface area contributed by atoms with Crippen LogP contribution in [0, 0.1) is 5.92 Å². The Morgan fingerprint density at radius 3 is 1.70 bits per heavy atom. The molecule has 0 unspecified atom stereocenters. The van der Waals surface area contributed by atoms with Crippen LogP contribution >= 0.6 is 0 Å². The van der Waals surface area contributed by atoms with Gasteiger partial charge in [0.15, 0.2) is 0 Å². The predicted octanol–water partition coefficient (Wildman–Crippen LogP) is 1.98. The minimum atomic E-state index is -2.84. The van der Waals surface area contributed by atoms with Crippen LogP contribution in [0.2, 0.25) is 0 Å². The average Bonchev–Trinajstić information content (AvgIpc) is 2.80. The van der Waals surface area contributed by atoms with E-state index in [1.54, 1.807) is 6.92 Å². The lowest BCUT2D eigenvalue weighted by atomic mass is 9.96. The largest absolute Gasteiger partial charge is 0.460 e. The Kier molecular flexibility index (Phi) is 6.13. The number of benzene rings is 3. The Hall–Kier alpha value is -2.73. The van der Waals surface area contributed by atoms with Gasteiger partial charge in [-0.1, -0.05) is 91.0 Å². The summed E-state index contributed by atoms with van der Waals surface area (Å²) < 4.78 is 12.4. The standard InChI is InChI=1S/C25H26O4Si/c1-19-24(26)17-20(29-25(19)27)18-28-30(21-11-5-2-6-12-21,22-13-7-3-8-14-22)23-15-9-4-10-16-23/h2-16,19-20,24,26H,17-18H2,1H3/t19-,20+,24-/m1/s1. The van der Waals surface area contributed by atoms with Gasteiger partial charge in [0.1, 0.15) is 6.10 Å². The molecular formula is C25H26O4Si. The van der Waals surface area contributed by atoms with Crippen LogP contribution in [0.4, 0.5) is 0 Å². The number of rotatable bonds is 6. The third kappa shape index (κ3) is 3.96. The van der Waals surface area contributed by atoms with Crippen LogP contribution in [-0.4, -0.2) is 38.2 Å². The lowest BCUT2D eigenvalue weighted by Gasteiger charge is -2.36. The molecule has 3 atom stereocenters. The smallest absolute Gasteiger partial charge is 0.311 e. The van der Waals surface area contributed by atoms with E-state index >= 15 is 0 Å². The first-order valence-electron chi connectivity index (χ1n) is 10.3. The Labute approximate surface area is 178 Å². The summed E-state index contributed by atoms with van der Waals surface area (Å²) >= 11 is 0. The summed E-state index contributed by atoms with van der Waals surface area (Å²) in [6.45, 7) is 1.93. The molecule has 0 bridgehead atoms. The van der Waals surface area contributed by atoms with E-state index in [4.69, 9.17) is 9.16 Å². The van der Waals surface area contributed by atoms with Crippen LogP contribution in [0.25, 0.3) is 0 Å². The number of hydrogen-bond acceptors (Lipinski definition) is 4. The first-order chi connectivity index (χ1) is 14.6. The summed E-state index contributed by atoms with van der Waals surface area (Å²) in [6.07, 6.45) is -0.789. The number of carbonyl (C=O) groups is 1. The van der Waals surface area contributed by atoms with E-state index in [0.29, 0.717) is 6.42 Å². The Morgan fingerprint density at radius 1 is 0.867 bits per heavy atom. The fourth-order valence-corrected chi connectivity index (χ4v) is 7.96.